The summed E-state index contributed by atoms with van der Waals surface area (Å²) in [5.74, 6) is 1.10. The fourth-order valence-corrected chi connectivity index (χ4v) is 5.31. The number of carbonyl (C=O) groups excluding carboxylic acids is 2. The molecule has 0 atom stereocenters. The van der Waals surface area contributed by atoms with Crippen molar-refractivity contribution in [1.82, 2.24) is 4.98 Å². The van der Waals surface area contributed by atoms with Gasteiger partial charge in [-0.15, -0.1) is 0 Å². The van der Waals surface area contributed by atoms with Crippen LogP contribution in [-0.2, 0) is 9.84 Å². The van der Waals surface area contributed by atoms with Crippen LogP contribution in [0.15, 0.2) is 53.3 Å². The van der Waals surface area contributed by atoms with Gasteiger partial charge in [0, 0.05) is 48.7 Å². The molecule has 1 saturated heterocycles. The van der Waals surface area contributed by atoms with Gasteiger partial charge in [0.05, 0.1) is 33.7 Å². The summed E-state index contributed by atoms with van der Waals surface area (Å²) in [5, 5.41) is 3.06. The number of nitrogens with one attached hydrogen (secondary N) is 1. The maximum absolute atomic E-state index is 13.0. The lowest BCUT2D eigenvalue weighted by molar-refractivity contribution is 0.0983. The highest BCUT2D eigenvalue weighted by Gasteiger charge is 2.31. The van der Waals surface area contributed by atoms with Crippen LogP contribution in [0, 0.1) is 0 Å². The van der Waals surface area contributed by atoms with E-state index in [1.165, 1.54) is 24.3 Å². The molecule has 0 radical (unpaired) electrons. The van der Waals surface area contributed by atoms with Crippen molar-refractivity contribution in [3.8, 4) is 0 Å². The quantitative estimate of drug-likeness (QED) is 0.792. The molecule has 2 aliphatic rings. The Hall–Kier alpha value is -2.65. The lowest BCUT2D eigenvalue weighted by Crippen LogP contribution is -2.33. The summed E-state index contributed by atoms with van der Waals surface area (Å²) >= 11 is 1.89. The van der Waals surface area contributed by atoms with Gasteiger partial charge in [-0.1, -0.05) is 12.1 Å². The summed E-state index contributed by atoms with van der Waals surface area (Å²) in [7, 11) is -3.64. The Bertz CT molecular complexity index is 1140. The molecule has 0 unspecified atom stereocenters. The van der Waals surface area contributed by atoms with Crippen molar-refractivity contribution in [3.63, 3.8) is 0 Å². The van der Waals surface area contributed by atoms with Crippen LogP contribution in [-0.4, -0.2) is 55.8 Å². The summed E-state index contributed by atoms with van der Waals surface area (Å²) in [6, 6.07) is 6.18. The average molecular weight is 430 g/mol. The summed E-state index contributed by atoms with van der Waals surface area (Å²) < 4.78 is 24.1. The molecular formula is C20H19N3O4S2. The number of carbonyl (C=O) groups is 2. The van der Waals surface area contributed by atoms with Crippen LogP contribution in [0.3, 0.4) is 0 Å². The second-order valence-electron chi connectivity index (χ2n) is 6.82. The van der Waals surface area contributed by atoms with Crippen molar-refractivity contribution in [1.29, 1.82) is 0 Å². The van der Waals surface area contributed by atoms with E-state index in [1.54, 1.807) is 12.4 Å². The molecule has 1 fully saturated rings. The molecule has 7 nitrogen and oxygen atoms in total. The van der Waals surface area contributed by atoms with Crippen molar-refractivity contribution in [2.24, 2.45) is 0 Å². The van der Waals surface area contributed by atoms with E-state index in [0.29, 0.717) is 5.69 Å². The Morgan fingerprint density at radius 1 is 1.14 bits per heavy atom. The number of pyridine rings is 1. The number of aromatic nitrogens is 1. The fourth-order valence-electron chi connectivity index (χ4n) is 3.50. The number of hydrogen-bond acceptors (Lipinski definition) is 8. The zero-order valence-electron chi connectivity index (χ0n) is 15.7. The Balaban J connectivity index is 1.70. The highest BCUT2D eigenvalue weighted by molar-refractivity contribution is 7.99. The van der Waals surface area contributed by atoms with Crippen molar-refractivity contribution in [3.05, 3.63) is 59.6 Å². The third-order valence-electron chi connectivity index (χ3n) is 4.86. The molecule has 0 spiro atoms. The summed E-state index contributed by atoms with van der Waals surface area (Å²) in [4.78, 5) is 32.0. The van der Waals surface area contributed by atoms with E-state index in [2.05, 4.69) is 15.2 Å². The highest BCUT2D eigenvalue weighted by Crippen LogP contribution is 2.31. The van der Waals surface area contributed by atoms with Gasteiger partial charge >= 0.3 is 0 Å². The smallest absolute Gasteiger partial charge is 0.210 e. The first-order valence-corrected chi connectivity index (χ1v) is 12.1. The molecule has 1 aromatic carbocycles. The second-order valence-corrected chi connectivity index (χ2v) is 10.0. The van der Waals surface area contributed by atoms with E-state index >= 15 is 0 Å². The van der Waals surface area contributed by atoms with Crippen LogP contribution in [0.1, 0.15) is 20.7 Å². The first-order chi connectivity index (χ1) is 13.9. The zero-order chi connectivity index (χ0) is 20.6. The molecule has 2 aromatic rings. The molecule has 1 N–H and O–H groups in total. The van der Waals surface area contributed by atoms with Crippen molar-refractivity contribution < 1.29 is 18.0 Å². The lowest BCUT2D eigenvalue weighted by atomic mass is 9.92. The Morgan fingerprint density at radius 3 is 2.62 bits per heavy atom. The van der Waals surface area contributed by atoms with Gasteiger partial charge in [-0.2, -0.15) is 11.8 Å². The van der Waals surface area contributed by atoms with Gasteiger partial charge in [-0.05, 0) is 12.1 Å². The van der Waals surface area contributed by atoms with Crippen molar-refractivity contribution in [2.45, 2.75) is 4.90 Å². The van der Waals surface area contributed by atoms with Crippen molar-refractivity contribution in [2.75, 3.05) is 41.1 Å². The first-order valence-electron chi connectivity index (χ1n) is 9.04. The molecule has 0 bridgehead atoms. The summed E-state index contributed by atoms with van der Waals surface area (Å²) in [6.07, 6.45) is 5.51. The van der Waals surface area contributed by atoms with Crippen LogP contribution >= 0.6 is 11.8 Å². The molecule has 150 valence electrons. The van der Waals surface area contributed by atoms with Gasteiger partial charge < -0.3 is 10.2 Å². The normalized spacial score (nSPS) is 17.0. The van der Waals surface area contributed by atoms with E-state index in [-0.39, 0.29) is 21.7 Å². The van der Waals surface area contributed by atoms with E-state index < -0.39 is 21.4 Å². The monoisotopic (exact) mass is 429 g/mol. The number of rotatable bonds is 4. The number of hydrogen-bond donors (Lipinski definition) is 1. The maximum Gasteiger partial charge on any atom is 0.210 e. The van der Waals surface area contributed by atoms with E-state index in [4.69, 9.17) is 0 Å². The van der Waals surface area contributed by atoms with E-state index in [9.17, 15) is 18.0 Å². The third kappa shape index (κ3) is 3.79. The maximum atomic E-state index is 13.0. The fraction of sp³-hybridized carbons (Fsp3) is 0.250. The largest absolute Gasteiger partial charge is 0.368 e. The standard InChI is InChI=1S/C20H19N3O4S2/c1-29(26,27)18-4-2-3-13-19(18)17(24)11-14(20(13)25)22-15-12-21-6-5-16(15)23-7-9-28-10-8-23/h2-6,11-12,22H,7-10H2,1H3. The lowest BCUT2D eigenvalue weighted by Gasteiger charge is -2.30. The minimum absolute atomic E-state index is 0.0648. The number of thioether (sulfide) groups is 1. The summed E-state index contributed by atoms with van der Waals surface area (Å²) in [6.45, 7) is 1.77. The zero-order valence-corrected chi connectivity index (χ0v) is 17.3. The number of sulfone groups is 1. The molecule has 2 heterocycles. The van der Waals surface area contributed by atoms with Gasteiger partial charge in [0.1, 0.15) is 0 Å². The topological polar surface area (TPSA) is 96.4 Å². The van der Waals surface area contributed by atoms with Crippen LogP contribution in [0.5, 0.6) is 0 Å². The van der Waals surface area contributed by atoms with Gasteiger partial charge in [-0.25, -0.2) is 8.42 Å². The van der Waals surface area contributed by atoms with Gasteiger partial charge in [0.25, 0.3) is 0 Å². The molecule has 0 amide bonds. The number of anilines is 2. The number of ketones is 2. The molecule has 1 aliphatic carbocycles. The molecule has 9 heteroatoms. The van der Waals surface area contributed by atoms with Gasteiger partial charge in [0.2, 0.25) is 5.78 Å². The second kappa shape index (κ2) is 7.64. The highest BCUT2D eigenvalue weighted by atomic mass is 32.2. The predicted octanol–water partition coefficient (Wildman–Crippen LogP) is 2.41. The van der Waals surface area contributed by atoms with Gasteiger partial charge in [0.15, 0.2) is 15.6 Å². The number of Topliss-reactive ketones (excluding diaryl/α,β-unsaturated/α-hetero) is 1. The Labute approximate surface area is 173 Å². The SMILES string of the molecule is CS(=O)(=O)c1cccc2c1C(=O)C=C(Nc1cnccc1N1CCSCC1)C2=O. The number of allylic oxidation sites excluding steroid dienone is 2. The number of benzene rings is 1. The van der Waals surface area contributed by atoms with Crippen LogP contribution in [0.4, 0.5) is 11.4 Å². The summed E-state index contributed by atoms with van der Waals surface area (Å²) in [5.41, 5.74) is 1.67. The Kier molecular flexibility index (Phi) is 5.18. The molecule has 29 heavy (non-hydrogen) atoms. The molecule has 0 saturated carbocycles. The molecule has 1 aromatic heterocycles. The minimum atomic E-state index is -3.64. The van der Waals surface area contributed by atoms with E-state index in [0.717, 1.165) is 36.5 Å². The van der Waals surface area contributed by atoms with Crippen molar-refractivity contribution >= 4 is 44.5 Å². The van der Waals surface area contributed by atoms with Crippen LogP contribution in [0.2, 0.25) is 0 Å². The average Bonchev–Trinajstić information content (AvgIpc) is 2.72. The van der Waals surface area contributed by atoms with Crippen LogP contribution in [0.25, 0.3) is 0 Å². The predicted molar refractivity (Wildman–Crippen MR) is 114 cm³/mol. The Morgan fingerprint density at radius 2 is 1.90 bits per heavy atom. The third-order valence-corrected chi connectivity index (χ3v) is 6.94. The number of nitrogens with zero attached hydrogens (tertiary/aromatic N) is 2. The number of fused-ring (bicyclic) bond motifs is 1. The first kappa shape index (κ1) is 19.7. The minimum Gasteiger partial charge on any atom is -0.368 e. The van der Waals surface area contributed by atoms with E-state index in [1.807, 2.05) is 17.8 Å². The molecular weight excluding hydrogens is 410 g/mol. The molecule has 4 rings (SSSR count). The van der Waals surface area contributed by atoms with Gasteiger partial charge in [-0.3, -0.25) is 14.6 Å². The molecule has 1 aliphatic heterocycles. The van der Waals surface area contributed by atoms with Crippen LogP contribution < -0.4 is 10.2 Å².